The number of ether oxygens (including phenoxy) is 1. The first-order valence-corrected chi connectivity index (χ1v) is 13.8. The molecule has 1 aliphatic heterocycles. The zero-order valence-electron chi connectivity index (χ0n) is 22.5. The van der Waals surface area contributed by atoms with Crippen LogP contribution in [-0.4, -0.2) is 28.7 Å². The van der Waals surface area contributed by atoms with E-state index in [-0.39, 0.29) is 33.4 Å². The number of carbonyl (C=O) groups is 1. The molecular formula is C30H48O3. The molecule has 9 atom stereocenters. The normalized spacial score (nSPS) is 50.6. The molecule has 0 aromatic heterocycles. The summed E-state index contributed by atoms with van der Waals surface area (Å²) in [6.45, 7) is 18.6. The largest absolute Gasteiger partial charge is 0.392 e. The van der Waals surface area contributed by atoms with Gasteiger partial charge >= 0.3 is 0 Å². The Morgan fingerprint density at radius 1 is 1.06 bits per heavy atom. The average molecular weight is 457 g/mol. The quantitative estimate of drug-likeness (QED) is 0.377. The van der Waals surface area contributed by atoms with Crippen LogP contribution in [0.25, 0.3) is 0 Å². The van der Waals surface area contributed by atoms with Gasteiger partial charge in [-0.05, 0) is 93.3 Å². The lowest BCUT2D eigenvalue weighted by atomic mass is 9.38. The predicted molar refractivity (Wildman–Crippen MR) is 133 cm³/mol. The molecule has 4 fully saturated rings. The number of Topliss-reactive ketones (excluding diaryl/α,β-unsaturated/α-hetero) is 1. The molecule has 0 spiro atoms. The Labute approximate surface area is 202 Å². The monoisotopic (exact) mass is 456 g/mol. The lowest BCUT2D eigenvalue weighted by Crippen LogP contribution is -2.63. The van der Waals surface area contributed by atoms with Gasteiger partial charge in [-0.2, -0.15) is 0 Å². The van der Waals surface area contributed by atoms with Crippen LogP contribution in [0.1, 0.15) is 107 Å². The van der Waals surface area contributed by atoms with Gasteiger partial charge in [0.05, 0.1) is 17.8 Å². The van der Waals surface area contributed by atoms with Crippen molar-refractivity contribution in [3.05, 3.63) is 11.6 Å². The number of ketones is 1. The highest BCUT2D eigenvalue weighted by atomic mass is 16.6. The van der Waals surface area contributed by atoms with Crippen LogP contribution in [0.15, 0.2) is 11.6 Å². The van der Waals surface area contributed by atoms with E-state index in [1.54, 1.807) is 0 Å². The summed E-state index contributed by atoms with van der Waals surface area (Å²) in [7, 11) is 0. The van der Waals surface area contributed by atoms with Crippen molar-refractivity contribution in [1.82, 2.24) is 0 Å². The highest BCUT2D eigenvalue weighted by molar-refractivity contribution is 5.88. The molecule has 0 amide bonds. The van der Waals surface area contributed by atoms with Gasteiger partial charge in [-0.25, -0.2) is 0 Å². The van der Waals surface area contributed by atoms with E-state index in [1.165, 1.54) is 24.8 Å². The third-order valence-electron chi connectivity index (χ3n) is 12.4. The number of hydrogen-bond acceptors (Lipinski definition) is 3. The van der Waals surface area contributed by atoms with Crippen LogP contribution in [-0.2, 0) is 9.53 Å². The molecule has 5 rings (SSSR count). The van der Waals surface area contributed by atoms with Gasteiger partial charge in [0.1, 0.15) is 5.78 Å². The minimum absolute atomic E-state index is 0.0733. The van der Waals surface area contributed by atoms with Crippen molar-refractivity contribution in [3.8, 4) is 0 Å². The molecule has 4 aliphatic carbocycles. The summed E-state index contributed by atoms with van der Waals surface area (Å²) in [4.78, 5) is 14.2. The van der Waals surface area contributed by atoms with Gasteiger partial charge in [0.15, 0.2) is 0 Å². The fourth-order valence-corrected chi connectivity index (χ4v) is 9.73. The van der Waals surface area contributed by atoms with Gasteiger partial charge in [0, 0.05) is 17.3 Å². The van der Waals surface area contributed by atoms with E-state index in [0.29, 0.717) is 35.6 Å². The van der Waals surface area contributed by atoms with Gasteiger partial charge in [0.2, 0.25) is 0 Å². The number of rotatable bonds is 4. The minimum Gasteiger partial charge on any atom is -0.392 e. The van der Waals surface area contributed by atoms with Crippen molar-refractivity contribution >= 4 is 5.78 Å². The highest BCUT2D eigenvalue weighted by Gasteiger charge is 2.70. The molecule has 33 heavy (non-hydrogen) atoms. The topological polar surface area (TPSA) is 49.8 Å². The second-order valence-corrected chi connectivity index (χ2v) is 14.4. The first-order valence-electron chi connectivity index (χ1n) is 13.8. The Morgan fingerprint density at radius 3 is 2.36 bits per heavy atom. The molecule has 3 heteroatoms. The van der Waals surface area contributed by atoms with E-state index in [1.807, 2.05) is 0 Å². The Bertz CT molecular complexity index is 870. The Kier molecular flexibility index (Phi) is 5.24. The maximum atomic E-state index is 14.2. The summed E-state index contributed by atoms with van der Waals surface area (Å²) in [5, 5.41) is 10.8. The van der Waals surface area contributed by atoms with E-state index >= 15 is 0 Å². The molecule has 0 aromatic rings. The zero-order chi connectivity index (χ0) is 24.2. The number of carbonyl (C=O) groups excluding carboxylic acids is 1. The van der Waals surface area contributed by atoms with Gasteiger partial charge < -0.3 is 9.84 Å². The molecule has 3 saturated carbocycles. The Hall–Kier alpha value is -0.670. The first kappa shape index (κ1) is 24.0. The minimum atomic E-state index is -0.295. The molecule has 0 bridgehead atoms. The number of aliphatic hydroxyl groups excluding tert-OH is 1. The maximum absolute atomic E-state index is 14.2. The molecule has 0 radical (unpaired) electrons. The van der Waals surface area contributed by atoms with E-state index in [4.69, 9.17) is 4.74 Å². The van der Waals surface area contributed by atoms with E-state index in [2.05, 4.69) is 61.5 Å². The summed E-state index contributed by atoms with van der Waals surface area (Å²) >= 11 is 0. The standard InChI is InChI=1S/C30H48O3/c1-18(9-14-25-27(4,5)33-25)19-15-16-28(6)22-12-10-20-21(11-13-23(31)26(20,2)3)30(22,8)24(32)17-29(19,28)7/h10,18-19,21-23,25,31H,9,11-17H2,1-8H3/t18-,19-,21?,22+,23+,25-,28+,29-,30+/m1/s1. The molecule has 5 aliphatic rings. The molecule has 3 nitrogen and oxygen atoms in total. The van der Waals surface area contributed by atoms with Crippen LogP contribution in [0.3, 0.4) is 0 Å². The molecule has 1 unspecified atom stereocenters. The van der Waals surface area contributed by atoms with Crippen molar-refractivity contribution in [1.29, 1.82) is 0 Å². The second kappa shape index (κ2) is 7.19. The van der Waals surface area contributed by atoms with Gasteiger partial charge in [-0.3, -0.25) is 4.79 Å². The molecule has 0 aromatic carbocycles. The maximum Gasteiger partial charge on any atom is 0.140 e. The fraction of sp³-hybridized carbons (Fsp3) is 0.900. The highest BCUT2D eigenvalue weighted by Crippen LogP contribution is 2.74. The molecular weight excluding hydrogens is 408 g/mol. The van der Waals surface area contributed by atoms with Gasteiger partial charge in [0.25, 0.3) is 0 Å². The Balaban J connectivity index is 1.44. The van der Waals surface area contributed by atoms with Crippen LogP contribution >= 0.6 is 0 Å². The van der Waals surface area contributed by atoms with Crippen LogP contribution in [0.4, 0.5) is 0 Å². The summed E-state index contributed by atoms with van der Waals surface area (Å²) in [5.41, 5.74) is 1.23. The summed E-state index contributed by atoms with van der Waals surface area (Å²) in [6, 6.07) is 0. The predicted octanol–water partition coefficient (Wildman–Crippen LogP) is 6.73. The van der Waals surface area contributed by atoms with Crippen molar-refractivity contribution < 1.29 is 14.6 Å². The van der Waals surface area contributed by atoms with E-state index in [0.717, 1.165) is 32.1 Å². The van der Waals surface area contributed by atoms with Crippen molar-refractivity contribution in [2.75, 3.05) is 0 Å². The van der Waals surface area contributed by atoms with Crippen LogP contribution in [0.2, 0.25) is 0 Å². The number of hydrogen-bond donors (Lipinski definition) is 1. The number of epoxide rings is 1. The smallest absolute Gasteiger partial charge is 0.140 e. The van der Waals surface area contributed by atoms with Crippen LogP contribution < -0.4 is 0 Å². The number of aliphatic hydroxyl groups is 1. The van der Waals surface area contributed by atoms with Crippen molar-refractivity contribution in [2.45, 2.75) is 125 Å². The SMILES string of the molecule is C[C@H](CC[C@H]1OC1(C)C)[C@H]1CC[C@@]2(C)[C@@H]3CC=C4C(CC[C@H](O)C4(C)C)[C@]3(C)C(=O)C[C@]12C. The van der Waals surface area contributed by atoms with Crippen LogP contribution in [0, 0.1) is 45.3 Å². The lowest BCUT2D eigenvalue weighted by molar-refractivity contribution is -0.171. The number of fused-ring (bicyclic) bond motifs is 5. The third kappa shape index (κ3) is 3.09. The van der Waals surface area contributed by atoms with E-state index in [9.17, 15) is 9.90 Å². The summed E-state index contributed by atoms with van der Waals surface area (Å²) in [6.07, 6.45) is 11.0. The average Bonchev–Trinajstić information content (AvgIpc) is 3.24. The second-order valence-electron chi connectivity index (χ2n) is 14.4. The Morgan fingerprint density at radius 2 is 1.73 bits per heavy atom. The number of allylic oxidation sites excluding steroid dienone is 1. The third-order valence-corrected chi connectivity index (χ3v) is 12.4. The van der Waals surface area contributed by atoms with Crippen molar-refractivity contribution in [2.24, 2.45) is 45.3 Å². The van der Waals surface area contributed by atoms with Crippen LogP contribution in [0.5, 0.6) is 0 Å². The fourth-order valence-electron chi connectivity index (χ4n) is 9.73. The summed E-state index contributed by atoms with van der Waals surface area (Å²) in [5.74, 6) is 2.48. The molecule has 1 heterocycles. The molecule has 186 valence electrons. The van der Waals surface area contributed by atoms with E-state index < -0.39 is 0 Å². The summed E-state index contributed by atoms with van der Waals surface area (Å²) < 4.78 is 5.87. The first-order chi connectivity index (χ1) is 15.2. The van der Waals surface area contributed by atoms with Crippen molar-refractivity contribution in [3.63, 3.8) is 0 Å². The lowest BCUT2D eigenvalue weighted by Gasteiger charge is -2.64. The zero-order valence-corrected chi connectivity index (χ0v) is 22.5. The molecule has 1 saturated heterocycles. The molecule has 1 N–H and O–H groups in total. The van der Waals surface area contributed by atoms with Gasteiger partial charge in [-0.15, -0.1) is 0 Å². The van der Waals surface area contributed by atoms with Gasteiger partial charge in [-0.1, -0.05) is 53.2 Å².